The smallest absolute Gasteiger partial charge is 0.233 e. The standard InChI is InChI=1S/C21H25N5O4S2/c1-30-16-8-4-3-7-15(16)26-12-14(11-17(26)27)19(29)22-20-23-24-21(32-20)31-13-18(28)25-9-5-2-6-10-25/h3-4,7-8,14H,2,5-6,9-13H2,1H3,(H,22,23,29)/t14-/m1/s1. The molecule has 2 aliphatic rings. The minimum atomic E-state index is -0.493. The van der Waals surface area contributed by atoms with E-state index >= 15 is 0 Å². The van der Waals surface area contributed by atoms with Crippen molar-refractivity contribution in [3.8, 4) is 5.75 Å². The predicted molar refractivity (Wildman–Crippen MR) is 123 cm³/mol. The summed E-state index contributed by atoms with van der Waals surface area (Å²) in [6.45, 7) is 1.92. The number of benzene rings is 1. The predicted octanol–water partition coefficient (Wildman–Crippen LogP) is 2.64. The molecule has 2 aliphatic heterocycles. The SMILES string of the molecule is COc1ccccc1N1C[C@H](C(=O)Nc2nnc(SCC(=O)N3CCCCC3)s2)CC1=O. The summed E-state index contributed by atoms with van der Waals surface area (Å²) in [4.78, 5) is 41.0. The number of hydrogen-bond acceptors (Lipinski definition) is 8. The Morgan fingerprint density at radius 3 is 2.78 bits per heavy atom. The second kappa shape index (κ2) is 10.3. The van der Waals surface area contributed by atoms with Gasteiger partial charge in [0.15, 0.2) is 4.34 Å². The molecule has 1 aromatic heterocycles. The number of methoxy groups -OCH3 is 1. The molecular weight excluding hydrogens is 450 g/mol. The van der Waals surface area contributed by atoms with Crippen LogP contribution in [0.1, 0.15) is 25.7 Å². The summed E-state index contributed by atoms with van der Waals surface area (Å²) in [6.07, 6.45) is 3.42. The molecule has 0 aliphatic carbocycles. The van der Waals surface area contributed by atoms with Gasteiger partial charge in [0.1, 0.15) is 5.75 Å². The first kappa shape index (κ1) is 22.5. The summed E-state index contributed by atoms with van der Waals surface area (Å²) in [7, 11) is 1.55. The van der Waals surface area contributed by atoms with Crippen LogP contribution in [-0.2, 0) is 14.4 Å². The summed E-state index contributed by atoms with van der Waals surface area (Å²) < 4.78 is 5.97. The quantitative estimate of drug-likeness (QED) is 0.485. The zero-order chi connectivity index (χ0) is 22.5. The van der Waals surface area contributed by atoms with Crippen molar-refractivity contribution in [3.05, 3.63) is 24.3 Å². The van der Waals surface area contributed by atoms with Crippen LogP contribution in [0.3, 0.4) is 0 Å². The highest BCUT2D eigenvalue weighted by Gasteiger charge is 2.36. The Bertz CT molecular complexity index is 992. The summed E-state index contributed by atoms with van der Waals surface area (Å²) in [5, 5.41) is 11.2. The maximum Gasteiger partial charge on any atom is 0.233 e. The summed E-state index contributed by atoms with van der Waals surface area (Å²) in [5.74, 6) is 0.122. The van der Waals surface area contributed by atoms with Crippen molar-refractivity contribution in [2.45, 2.75) is 30.0 Å². The average Bonchev–Trinajstić information content (AvgIpc) is 3.44. The molecule has 32 heavy (non-hydrogen) atoms. The second-order valence-electron chi connectivity index (χ2n) is 7.67. The van der Waals surface area contributed by atoms with Gasteiger partial charge in [-0.1, -0.05) is 35.2 Å². The first-order chi connectivity index (χ1) is 15.5. The Balaban J connectivity index is 1.30. The first-order valence-corrected chi connectivity index (χ1v) is 12.3. The third-order valence-electron chi connectivity index (χ3n) is 5.54. The number of hydrogen-bond donors (Lipinski definition) is 1. The van der Waals surface area contributed by atoms with E-state index in [-0.39, 0.29) is 30.7 Å². The number of likely N-dealkylation sites (tertiary alicyclic amines) is 1. The van der Waals surface area contributed by atoms with Crippen molar-refractivity contribution in [2.24, 2.45) is 5.92 Å². The minimum Gasteiger partial charge on any atom is -0.495 e. The molecule has 0 radical (unpaired) electrons. The second-order valence-corrected chi connectivity index (χ2v) is 9.87. The highest BCUT2D eigenvalue weighted by molar-refractivity contribution is 8.01. The number of amides is 3. The highest BCUT2D eigenvalue weighted by Crippen LogP contribution is 2.33. The Labute approximate surface area is 194 Å². The van der Waals surface area contributed by atoms with E-state index in [4.69, 9.17) is 4.74 Å². The molecule has 0 bridgehead atoms. The molecule has 0 saturated carbocycles. The van der Waals surface area contributed by atoms with Crippen LogP contribution in [0.2, 0.25) is 0 Å². The van der Waals surface area contributed by atoms with Crippen LogP contribution < -0.4 is 15.0 Å². The van der Waals surface area contributed by atoms with Gasteiger partial charge in [0.05, 0.1) is 24.5 Å². The molecule has 3 heterocycles. The van der Waals surface area contributed by atoms with E-state index < -0.39 is 5.92 Å². The molecule has 4 rings (SSSR count). The number of para-hydroxylation sites is 2. The fourth-order valence-electron chi connectivity index (χ4n) is 3.85. The van der Waals surface area contributed by atoms with Crippen molar-refractivity contribution in [2.75, 3.05) is 42.7 Å². The Morgan fingerprint density at radius 2 is 2.00 bits per heavy atom. The number of ether oxygens (including phenoxy) is 1. The molecule has 9 nitrogen and oxygen atoms in total. The monoisotopic (exact) mass is 475 g/mol. The lowest BCUT2D eigenvalue weighted by molar-refractivity contribution is -0.129. The van der Waals surface area contributed by atoms with Crippen molar-refractivity contribution in [1.29, 1.82) is 0 Å². The molecule has 3 amide bonds. The fourth-order valence-corrected chi connectivity index (χ4v) is 5.51. The van der Waals surface area contributed by atoms with Gasteiger partial charge in [0, 0.05) is 26.1 Å². The van der Waals surface area contributed by atoms with Gasteiger partial charge in [-0.25, -0.2) is 0 Å². The molecule has 1 aromatic carbocycles. The third kappa shape index (κ3) is 5.21. The zero-order valence-corrected chi connectivity index (χ0v) is 19.4. The summed E-state index contributed by atoms with van der Waals surface area (Å²) in [5.41, 5.74) is 0.656. The van der Waals surface area contributed by atoms with Crippen LogP contribution in [0, 0.1) is 5.92 Å². The molecule has 2 saturated heterocycles. The number of carbonyl (C=O) groups excluding carboxylic acids is 3. The number of piperidine rings is 1. The van der Waals surface area contributed by atoms with E-state index in [2.05, 4.69) is 15.5 Å². The maximum absolute atomic E-state index is 12.7. The lowest BCUT2D eigenvalue weighted by atomic mass is 10.1. The van der Waals surface area contributed by atoms with Gasteiger partial charge < -0.3 is 19.9 Å². The molecular formula is C21H25N5O4S2. The number of carbonyl (C=O) groups is 3. The van der Waals surface area contributed by atoms with Crippen molar-refractivity contribution in [1.82, 2.24) is 15.1 Å². The Morgan fingerprint density at radius 1 is 1.22 bits per heavy atom. The number of nitrogens with zero attached hydrogens (tertiary/aromatic N) is 4. The number of nitrogens with one attached hydrogen (secondary N) is 1. The first-order valence-electron chi connectivity index (χ1n) is 10.5. The van der Waals surface area contributed by atoms with Crippen LogP contribution in [0.4, 0.5) is 10.8 Å². The van der Waals surface area contributed by atoms with Crippen LogP contribution in [0.5, 0.6) is 5.75 Å². The molecule has 2 fully saturated rings. The van der Waals surface area contributed by atoms with Crippen molar-refractivity contribution in [3.63, 3.8) is 0 Å². The van der Waals surface area contributed by atoms with E-state index in [1.807, 2.05) is 17.0 Å². The zero-order valence-electron chi connectivity index (χ0n) is 17.8. The van der Waals surface area contributed by atoms with Gasteiger partial charge in [-0.3, -0.25) is 14.4 Å². The Hall–Kier alpha value is -2.66. The maximum atomic E-state index is 12.7. The molecule has 1 atom stereocenters. The van der Waals surface area contributed by atoms with Crippen LogP contribution in [0.15, 0.2) is 28.6 Å². The van der Waals surface area contributed by atoms with Crippen molar-refractivity contribution < 1.29 is 19.1 Å². The average molecular weight is 476 g/mol. The van der Waals surface area contributed by atoms with E-state index in [1.165, 1.54) is 29.5 Å². The topological polar surface area (TPSA) is 105 Å². The van der Waals surface area contributed by atoms with Gasteiger partial charge in [-0.15, -0.1) is 10.2 Å². The molecule has 170 valence electrons. The lowest BCUT2D eigenvalue weighted by Crippen LogP contribution is -2.36. The van der Waals surface area contributed by atoms with Gasteiger partial charge in [0.25, 0.3) is 0 Å². The lowest BCUT2D eigenvalue weighted by Gasteiger charge is -2.26. The largest absolute Gasteiger partial charge is 0.495 e. The van der Waals surface area contributed by atoms with Gasteiger partial charge in [-0.05, 0) is 31.4 Å². The van der Waals surface area contributed by atoms with E-state index in [0.717, 1.165) is 25.9 Å². The van der Waals surface area contributed by atoms with Gasteiger partial charge in [-0.2, -0.15) is 0 Å². The normalized spacial score (nSPS) is 18.7. The van der Waals surface area contributed by atoms with Gasteiger partial charge >= 0.3 is 0 Å². The number of rotatable bonds is 7. The Kier molecular flexibility index (Phi) is 7.26. The molecule has 0 unspecified atom stereocenters. The van der Waals surface area contributed by atoms with E-state index in [9.17, 15) is 14.4 Å². The number of thioether (sulfide) groups is 1. The molecule has 11 heteroatoms. The molecule has 0 spiro atoms. The molecule has 1 N–H and O–H groups in total. The highest BCUT2D eigenvalue weighted by atomic mass is 32.2. The third-order valence-corrected chi connectivity index (χ3v) is 7.49. The van der Waals surface area contributed by atoms with Crippen LogP contribution in [-0.4, -0.2) is 65.3 Å². The van der Waals surface area contributed by atoms with Crippen LogP contribution in [0.25, 0.3) is 0 Å². The number of anilines is 2. The van der Waals surface area contributed by atoms with E-state index in [0.29, 0.717) is 26.7 Å². The van der Waals surface area contributed by atoms with E-state index in [1.54, 1.807) is 24.1 Å². The van der Waals surface area contributed by atoms with Crippen LogP contribution >= 0.6 is 23.1 Å². The summed E-state index contributed by atoms with van der Waals surface area (Å²) >= 11 is 2.56. The summed E-state index contributed by atoms with van der Waals surface area (Å²) in [6, 6.07) is 7.25. The fraction of sp³-hybridized carbons (Fsp3) is 0.476. The molecule has 2 aromatic rings. The minimum absolute atomic E-state index is 0.108. The number of aromatic nitrogens is 2. The van der Waals surface area contributed by atoms with Gasteiger partial charge in [0.2, 0.25) is 22.9 Å². The van der Waals surface area contributed by atoms with Crippen molar-refractivity contribution >= 4 is 51.6 Å².